The third-order valence-corrected chi connectivity index (χ3v) is 0. The number of rotatable bonds is 0. The van der Waals surface area contributed by atoms with Crippen molar-refractivity contribution >= 4 is 17.1 Å². The van der Waals surface area contributed by atoms with Crippen LogP contribution in [0.5, 0.6) is 0 Å². The van der Waals surface area contributed by atoms with Gasteiger partial charge in [0.05, 0.1) is 0 Å². The molecule has 0 N–H and O–H groups in total. The quantitative estimate of drug-likeness (QED) is 0.281. The molecular formula is CLiO3Si+3. The Labute approximate surface area is 51.6 Å². The van der Waals surface area contributed by atoms with Crippen LogP contribution in [-0.4, -0.2) is 17.1 Å². The number of hydrogen-bond acceptors (Lipinski definition) is 3. The van der Waals surface area contributed by atoms with Crippen LogP contribution < -0.4 is 29.1 Å². The smallest absolute Gasteiger partial charge is 0.652 e. The Morgan fingerprint density at radius 1 is 1.33 bits per heavy atom. The summed E-state index contributed by atoms with van der Waals surface area (Å²) in [5.41, 5.74) is 0. The standard InChI is InChI=1S/CH2O3.Li.Si/c2-1(3)4;;/h(H2,2,3,4);;/q;+1;+4/p-2. The predicted octanol–water partition coefficient (Wildman–Crippen LogP) is -5.82. The van der Waals surface area contributed by atoms with E-state index < -0.39 is 6.16 Å². The number of hydrogen-bond donors (Lipinski definition) is 0. The zero-order valence-electron chi connectivity index (χ0n) is 3.22. The van der Waals surface area contributed by atoms with Crippen LogP contribution in [0.15, 0.2) is 0 Å². The van der Waals surface area contributed by atoms with Crippen LogP contribution in [-0.2, 0) is 0 Å². The van der Waals surface area contributed by atoms with Gasteiger partial charge in [0.2, 0.25) is 0 Å². The summed E-state index contributed by atoms with van der Waals surface area (Å²) in [6.07, 6.45) is -2.33. The van der Waals surface area contributed by atoms with Gasteiger partial charge in [-0.3, -0.25) is 0 Å². The average molecular weight is 95.0 g/mol. The monoisotopic (exact) mass is 95.0 g/mol. The molecule has 6 heavy (non-hydrogen) atoms. The van der Waals surface area contributed by atoms with Crippen LogP contribution >= 0.6 is 0 Å². The summed E-state index contributed by atoms with van der Waals surface area (Å²) in [6, 6.07) is 0. The molecule has 3 nitrogen and oxygen atoms in total. The third kappa shape index (κ3) is 5470. The summed E-state index contributed by atoms with van der Waals surface area (Å²) >= 11 is 0. The van der Waals surface area contributed by atoms with Crippen molar-refractivity contribution in [3.8, 4) is 0 Å². The second-order valence-corrected chi connectivity index (χ2v) is 0.250. The predicted molar refractivity (Wildman–Crippen MR) is 11.1 cm³/mol. The van der Waals surface area contributed by atoms with Gasteiger partial charge in [0.1, 0.15) is 0 Å². The van der Waals surface area contributed by atoms with Gasteiger partial charge in [-0.15, -0.1) is 0 Å². The Balaban J connectivity index is -0.0000000450. The van der Waals surface area contributed by atoms with Crippen LogP contribution in [0.2, 0.25) is 0 Å². The number of carbonyl (C=O) groups is 1. The van der Waals surface area contributed by atoms with E-state index in [2.05, 4.69) is 0 Å². The van der Waals surface area contributed by atoms with Gasteiger partial charge in [0, 0.05) is 0 Å². The average Bonchev–Trinajstić information content (AvgIpc) is 0.811. The maximum Gasteiger partial charge on any atom is 4.00 e. The van der Waals surface area contributed by atoms with E-state index in [0.717, 1.165) is 0 Å². The largest absolute Gasteiger partial charge is 4.00 e. The van der Waals surface area contributed by atoms with Gasteiger partial charge in [0.15, 0.2) is 0 Å². The van der Waals surface area contributed by atoms with E-state index >= 15 is 0 Å². The molecule has 0 spiro atoms. The fraction of sp³-hybridized carbons (Fsp3) is 0. The molecule has 0 aliphatic heterocycles. The summed E-state index contributed by atoms with van der Waals surface area (Å²) in [4.78, 5) is 8.33. The summed E-state index contributed by atoms with van der Waals surface area (Å²) in [5.74, 6) is 0. The summed E-state index contributed by atoms with van der Waals surface area (Å²) in [6.45, 7) is 0. The minimum Gasteiger partial charge on any atom is -0.652 e. The molecule has 0 rings (SSSR count). The van der Waals surface area contributed by atoms with Gasteiger partial charge >= 0.3 is 29.8 Å². The fourth-order valence-electron chi connectivity index (χ4n) is 0. The Bertz CT molecular complexity index is 33.8. The molecule has 0 radical (unpaired) electrons. The van der Waals surface area contributed by atoms with Gasteiger partial charge in [-0.05, 0) is 6.16 Å². The minimum atomic E-state index is -2.33. The molecule has 0 aliphatic rings. The van der Waals surface area contributed by atoms with Gasteiger partial charge in [-0.2, -0.15) is 0 Å². The normalized spacial score (nSPS) is 4.00. The Kier molecular flexibility index (Phi) is 24.6. The topological polar surface area (TPSA) is 63.2 Å². The van der Waals surface area contributed by atoms with Gasteiger partial charge in [-0.1, -0.05) is 0 Å². The van der Waals surface area contributed by atoms with Crippen LogP contribution in [0.25, 0.3) is 0 Å². The van der Waals surface area contributed by atoms with E-state index in [-0.39, 0.29) is 29.8 Å². The van der Waals surface area contributed by atoms with Gasteiger partial charge in [-0.25, -0.2) is 0 Å². The molecule has 0 saturated heterocycles. The molecule has 0 aromatic rings. The molecular weight excluding hydrogens is 95.0 g/mol. The molecule has 0 aliphatic carbocycles. The number of carboxylic acid groups (broad SMARTS) is 2. The summed E-state index contributed by atoms with van der Waals surface area (Å²) in [7, 11) is 0. The Hall–Kier alpha value is 0.0843. The van der Waals surface area contributed by atoms with Crippen molar-refractivity contribution in [1.29, 1.82) is 0 Å². The summed E-state index contributed by atoms with van der Waals surface area (Å²) < 4.78 is 0. The van der Waals surface area contributed by atoms with Crippen molar-refractivity contribution in [3.63, 3.8) is 0 Å². The third-order valence-electron chi connectivity index (χ3n) is 0. The summed E-state index contributed by atoms with van der Waals surface area (Å²) in [5, 5.41) is 16.7. The molecule has 0 fully saturated rings. The molecule has 0 aromatic heterocycles. The SMILES string of the molecule is O=C([O-])[O-].[Li+].[Si+4]. The van der Waals surface area contributed by atoms with Gasteiger partial charge in [0.25, 0.3) is 0 Å². The Morgan fingerprint density at radius 2 is 1.33 bits per heavy atom. The van der Waals surface area contributed by atoms with E-state index in [1.165, 1.54) is 0 Å². The molecule has 24 valence electrons. The van der Waals surface area contributed by atoms with E-state index in [0.29, 0.717) is 0 Å². The zero-order chi connectivity index (χ0) is 3.58. The van der Waals surface area contributed by atoms with Crippen molar-refractivity contribution in [2.24, 2.45) is 0 Å². The Morgan fingerprint density at radius 3 is 1.33 bits per heavy atom. The molecule has 0 saturated carbocycles. The molecule has 0 heterocycles. The van der Waals surface area contributed by atoms with Crippen LogP contribution in [0.4, 0.5) is 4.79 Å². The molecule has 0 unspecified atom stereocenters. The van der Waals surface area contributed by atoms with Gasteiger partial charge < -0.3 is 15.0 Å². The van der Waals surface area contributed by atoms with E-state index in [1.807, 2.05) is 0 Å². The van der Waals surface area contributed by atoms with Crippen LogP contribution in [0.1, 0.15) is 0 Å². The molecule has 0 aromatic carbocycles. The van der Waals surface area contributed by atoms with Crippen molar-refractivity contribution in [1.82, 2.24) is 0 Å². The zero-order valence-corrected chi connectivity index (χ0v) is 4.22. The van der Waals surface area contributed by atoms with Crippen LogP contribution in [0.3, 0.4) is 0 Å². The first kappa shape index (κ1) is 16.5. The van der Waals surface area contributed by atoms with Crippen molar-refractivity contribution in [2.75, 3.05) is 0 Å². The second-order valence-electron chi connectivity index (χ2n) is 0.250. The first-order valence-electron chi connectivity index (χ1n) is 0.612. The minimum absolute atomic E-state index is 0. The molecule has 0 amide bonds. The van der Waals surface area contributed by atoms with Crippen LogP contribution in [0, 0.1) is 0 Å². The van der Waals surface area contributed by atoms with E-state index in [9.17, 15) is 0 Å². The molecule has 0 atom stereocenters. The van der Waals surface area contributed by atoms with Crippen molar-refractivity contribution in [2.45, 2.75) is 0 Å². The number of carbonyl (C=O) groups excluding carboxylic acids is 1. The molecule has 0 bridgehead atoms. The molecule has 5 heteroatoms. The first-order chi connectivity index (χ1) is 1.73. The maximum atomic E-state index is 8.33. The fourth-order valence-corrected chi connectivity index (χ4v) is 0. The van der Waals surface area contributed by atoms with E-state index in [1.54, 1.807) is 0 Å². The second kappa shape index (κ2) is 8.92. The maximum absolute atomic E-state index is 8.33. The van der Waals surface area contributed by atoms with Crippen molar-refractivity contribution < 1.29 is 33.9 Å². The van der Waals surface area contributed by atoms with E-state index in [4.69, 9.17) is 15.0 Å². The first-order valence-corrected chi connectivity index (χ1v) is 0.612. The van der Waals surface area contributed by atoms with Crippen molar-refractivity contribution in [3.05, 3.63) is 0 Å².